The van der Waals surface area contributed by atoms with Crippen molar-refractivity contribution in [2.24, 2.45) is 0 Å². The minimum Gasteiger partial charge on any atom is -0.352 e. The van der Waals surface area contributed by atoms with E-state index >= 15 is 0 Å². The molecule has 4 heteroatoms. The molecule has 0 saturated heterocycles. The number of benzene rings is 1. The van der Waals surface area contributed by atoms with Gasteiger partial charge in [-0.2, -0.15) is 0 Å². The largest absolute Gasteiger partial charge is 0.352 e. The van der Waals surface area contributed by atoms with Crippen LogP contribution in [0.2, 0.25) is 10.0 Å². The molecule has 0 aromatic heterocycles. The van der Waals surface area contributed by atoms with Crippen molar-refractivity contribution in [3.63, 3.8) is 0 Å². The second-order valence-electron chi connectivity index (χ2n) is 3.28. The molecule has 2 rings (SSSR count). The lowest BCUT2D eigenvalue weighted by Gasteiger charge is -2.08. The number of fused-ring (bicyclic) bond motifs is 1. The zero-order valence-electron chi connectivity index (χ0n) is 7.44. The molecule has 0 aliphatic carbocycles. The summed E-state index contributed by atoms with van der Waals surface area (Å²) in [5, 5.41) is 3.95. The highest BCUT2D eigenvalue weighted by Crippen LogP contribution is 2.30. The molecule has 0 atom stereocenters. The molecule has 1 heterocycles. The predicted octanol–water partition coefficient (Wildman–Crippen LogP) is 2.56. The molecular formula is C10H9Cl2NO. The van der Waals surface area contributed by atoms with Crippen LogP contribution in [0.25, 0.3) is 0 Å². The Morgan fingerprint density at radius 3 is 2.79 bits per heavy atom. The molecule has 0 fully saturated rings. The molecule has 2 nitrogen and oxygen atoms in total. The average Bonchev–Trinajstić information content (AvgIpc) is 2.35. The lowest BCUT2D eigenvalue weighted by molar-refractivity contribution is -0.121. The van der Waals surface area contributed by atoms with E-state index in [9.17, 15) is 4.79 Å². The summed E-state index contributed by atoms with van der Waals surface area (Å²) >= 11 is 12.0. The summed E-state index contributed by atoms with van der Waals surface area (Å²) in [6.45, 7) is 0.547. The number of rotatable bonds is 0. The quantitative estimate of drug-likeness (QED) is 0.729. The van der Waals surface area contributed by atoms with Gasteiger partial charge in [-0.25, -0.2) is 0 Å². The third-order valence-corrected chi connectivity index (χ3v) is 3.21. The number of hydrogen-bond donors (Lipinski definition) is 1. The Kier molecular flexibility index (Phi) is 2.66. The number of carbonyl (C=O) groups excluding carboxylic acids is 1. The number of hydrogen-bond acceptors (Lipinski definition) is 1. The van der Waals surface area contributed by atoms with Crippen LogP contribution in [0.5, 0.6) is 0 Å². The smallest absolute Gasteiger partial charge is 0.220 e. The maximum Gasteiger partial charge on any atom is 0.220 e. The summed E-state index contributed by atoms with van der Waals surface area (Å²) in [5.74, 6) is 0.0633. The Balaban J connectivity index is 2.46. The summed E-state index contributed by atoms with van der Waals surface area (Å²) in [6.07, 6.45) is 1.15. The van der Waals surface area contributed by atoms with Gasteiger partial charge >= 0.3 is 0 Å². The van der Waals surface area contributed by atoms with Gasteiger partial charge < -0.3 is 5.32 Å². The van der Waals surface area contributed by atoms with Crippen LogP contribution in [0.15, 0.2) is 12.1 Å². The van der Waals surface area contributed by atoms with Crippen LogP contribution in [-0.2, 0) is 17.8 Å². The van der Waals surface area contributed by atoms with Gasteiger partial charge in [-0.3, -0.25) is 4.79 Å². The third kappa shape index (κ3) is 1.72. The van der Waals surface area contributed by atoms with Gasteiger partial charge in [0.25, 0.3) is 0 Å². The van der Waals surface area contributed by atoms with Crippen molar-refractivity contribution in [2.45, 2.75) is 19.4 Å². The summed E-state index contributed by atoms with van der Waals surface area (Å²) in [7, 11) is 0. The molecule has 0 radical (unpaired) electrons. The number of nitrogens with one attached hydrogen (secondary N) is 1. The van der Waals surface area contributed by atoms with Crippen LogP contribution in [0.3, 0.4) is 0 Å². The first kappa shape index (κ1) is 9.81. The Morgan fingerprint density at radius 2 is 2.00 bits per heavy atom. The lowest BCUT2D eigenvalue weighted by Crippen LogP contribution is -2.20. The van der Waals surface area contributed by atoms with E-state index in [4.69, 9.17) is 23.2 Å². The van der Waals surface area contributed by atoms with E-state index in [1.807, 2.05) is 6.07 Å². The molecule has 74 valence electrons. The van der Waals surface area contributed by atoms with Crippen LogP contribution < -0.4 is 5.32 Å². The standard InChI is InChI=1S/C10H9Cl2NO/c11-8-3-1-6-5-13-9(14)4-2-7(6)10(8)12/h1,3H,2,4-5H2,(H,13,14). The molecule has 1 N–H and O–H groups in total. The highest BCUT2D eigenvalue weighted by Gasteiger charge is 2.16. The van der Waals surface area contributed by atoms with Gasteiger partial charge in [0.05, 0.1) is 10.0 Å². The molecule has 0 unspecified atom stereocenters. The summed E-state index contributed by atoms with van der Waals surface area (Å²) in [4.78, 5) is 11.2. The molecule has 1 aromatic rings. The predicted molar refractivity (Wildman–Crippen MR) is 56.6 cm³/mol. The molecule has 1 aliphatic heterocycles. The zero-order chi connectivity index (χ0) is 10.1. The van der Waals surface area contributed by atoms with E-state index < -0.39 is 0 Å². The Morgan fingerprint density at radius 1 is 1.21 bits per heavy atom. The highest BCUT2D eigenvalue weighted by atomic mass is 35.5. The lowest BCUT2D eigenvalue weighted by atomic mass is 10.0. The van der Waals surface area contributed by atoms with Crippen molar-refractivity contribution in [1.82, 2.24) is 5.32 Å². The van der Waals surface area contributed by atoms with Crippen LogP contribution in [0, 0.1) is 0 Å². The third-order valence-electron chi connectivity index (χ3n) is 2.37. The van der Waals surface area contributed by atoms with Crippen molar-refractivity contribution in [2.75, 3.05) is 0 Å². The van der Waals surface area contributed by atoms with Crippen LogP contribution >= 0.6 is 23.2 Å². The monoisotopic (exact) mass is 229 g/mol. The summed E-state index contributed by atoms with van der Waals surface area (Å²) < 4.78 is 0. The highest BCUT2D eigenvalue weighted by molar-refractivity contribution is 6.42. The van der Waals surface area contributed by atoms with E-state index in [1.165, 1.54) is 0 Å². The fraction of sp³-hybridized carbons (Fsp3) is 0.300. The van der Waals surface area contributed by atoms with Gasteiger partial charge in [0.15, 0.2) is 0 Å². The molecule has 14 heavy (non-hydrogen) atoms. The molecule has 1 amide bonds. The van der Waals surface area contributed by atoms with Crippen molar-refractivity contribution < 1.29 is 4.79 Å². The van der Waals surface area contributed by atoms with E-state index in [2.05, 4.69) is 5.32 Å². The minimum atomic E-state index is 0.0633. The van der Waals surface area contributed by atoms with Crippen LogP contribution in [0.1, 0.15) is 17.5 Å². The molecular weight excluding hydrogens is 221 g/mol. The maximum absolute atomic E-state index is 11.2. The molecule has 0 bridgehead atoms. The van der Waals surface area contributed by atoms with Gasteiger partial charge in [-0.15, -0.1) is 0 Å². The van der Waals surface area contributed by atoms with Gasteiger partial charge in [0.2, 0.25) is 5.91 Å². The molecule has 0 saturated carbocycles. The average molecular weight is 230 g/mol. The fourth-order valence-electron chi connectivity index (χ4n) is 1.59. The SMILES string of the molecule is O=C1CCc2c(ccc(Cl)c2Cl)CN1. The van der Waals surface area contributed by atoms with E-state index in [1.54, 1.807) is 6.07 Å². The molecule has 1 aliphatic rings. The normalized spacial score (nSPS) is 15.7. The number of halogens is 2. The molecule has 1 aromatic carbocycles. The first-order chi connectivity index (χ1) is 6.68. The van der Waals surface area contributed by atoms with Crippen molar-refractivity contribution in [3.8, 4) is 0 Å². The van der Waals surface area contributed by atoms with E-state index in [0.29, 0.717) is 29.4 Å². The second-order valence-corrected chi connectivity index (χ2v) is 4.06. The summed E-state index contributed by atoms with van der Waals surface area (Å²) in [5.41, 5.74) is 2.06. The maximum atomic E-state index is 11.2. The van der Waals surface area contributed by atoms with Crippen LogP contribution in [-0.4, -0.2) is 5.91 Å². The Hall–Kier alpha value is -0.730. The van der Waals surface area contributed by atoms with Gasteiger partial charge in [-0.1, -0.05) is 29.3 Å². The van der Waals surface area contributed by atoms with Gasteiger partial charge in [0.1, 0.15) is 0 Å². The van der Waals surface area contributed by atoms with E-state index in [-0.39, 0.29) is 5.91 Å². The topological polar surface area (TPSA) is 29.1 Å². The van der Waals surface area contributed by atoms with Crippen molar-refractivity contribution in [3.05, 3.63) is 33.3 Å². The number of amides is 1. The Labute approximate surface area is 92.2 Å². The number of carbonyl (C=O) groups is 1. The van der Waals surface area contributed by atoms with Crippen LogP contribution in [0.4, 0.5) is 0 Å². The Bertz CT molecular complexity index is 390. The second kappa shape index (κ2) is 3.79. The van der Waals surface area contributed by atoms with Crippen molar-refractivity contribution in [1.29, 1.82) is 0 Å². The van der Waals surface area contributed by atoms with Gasteiger partial charge in [0, 0.05) is 13.0 Å². The zero-order valence-corrected chi connectivity index (χ0v) is 8.95. The van der Waals surface area contributed by atoms with Crippen molar-refractivity contribution >= 4 is 29.1 Å². The fourth-order valence-corrected chi connectivity index (χ4v) is 2.05. The molecule has 0 spiro atoms. The first-order valence-corrected chi connectivity index (χ1v) is 5.16. The first-order valence-electron chi connectivity index (χ1n) is 4.41. The van der Waals surface area contributed by atoms with Gasteiger partial charge in [-0.05, 0) is 23.6 Å². The summed E-state index contributed by atoms with van der Waals surface area (Å²) in [6, 6.07) is 3.68. The minimum absolute atomic E-state index is 0.0633. The van der Waals surface area contributed by atoms with E-state index in [0.717, 1.165) is 11.1 Å².